The van der Waals surface area contributed by atoms with Gasteiger partial charge in [0.2, 0.25) is 10.0 Å². The van der Waals surface area contributed by atoms with E-state index in [1.807, 2.05) is 30.3 Å². The Kier molecular flexibility index (Phi) is 6.22. The van der Waals surface area contributed by atoms with Gasteiger partial charge in [0.05, 0.1) is 9.77 Å². The highest BCUT2D eigenvalue weighted by molar-refractivity contribution is 7.89. The number of hydrogen-bond donors (Lipinski definition) is 1. The molecule has 1 amide bonds. The van der Waals surface area contributed by atoms with Crippen molar-refractivity contribution >= 4 is 32.4 Å². The van der Waals surface area contributed by atoms with Crippen LogP contribution in [0.4, 0.5) is 5.13 Å². The van der Waals surface area contributed by atoms with Crippen LogP contribution in [0.15, 0.2) is 65.7 Å². The largest absolute Gasteiger partial charge is 0.298 e. The Hall–Kier alpha value is -2.55. The first-order chi connectivity index (χ1) is 14.8. The van der Waals surface area contributed by atoms with Gasteiger partial charge in [-0.2, -0.15) is 4.31 Å². The first-order valence-electron chi connectivity index (χ1n) is 10.3. The smallest absolute Gasteiger partial charge is 0.257 e. The van der Waals surface area contributed by atoms with E-state index in [-0.39, 0.29) is 10.8 Å². The lowest BCUT2D eigenvalue weighted by Crippen LogP contribution is -2.42. The maximum Gasteiger partial charge on any atom is 0.257 e. The summed E-state index contributed by atoms with van der Waals surface area (Å²) in [5.74, 6) is 0.350. The molecule has 0 radical (unpaired) electrons. The molecule has 1 aliphatic rings. The summed E-state index contributed by atoms with van der Waals surface area (Å²) in [5, 5.41) is 3.29. The van der Waals surface area contributed by atoms with Gasteiger partial charge in [0.15, 0.2) is 5.13 Å². The quantitative estimate of drug-likeness (QED) is 0.603. The molecule has 0 spiro atoms. The molecule has 0 saturated carbocycles. The highest BCUT2D eigenvalue weighted by atomic mass is 32.2. The predicted molar refractivity (Wildman–Crippen MR) is 124 cm³/mol. The molecule has 8 heteroatoms. The second-order valence-corrected chi connectivity index (χ2v) is 11.1. The van der Waals surface area contributed by atoms with E-state index in [1.165, 1.54) is 23.5 Å². The normalized spacial score (nSPS) is 19.8. The van der Waals surface area contributed by atoms with E-state index < -0.39 is 10.0 Å². The van der Waals surface area contributed by atoms with Crippen LogP contribution < -0.4 is 5.32 Å². The van der Waals surface area contributed by atoms with Crippen LogP contribution in [0.1, 0.15) is 30.6 Å². The Morgan fingerprint density at radius 1 is 1.03 bits per heavy atom. The second kappa shape index (κ2) is 8.90. The van der Waals surface area contributed by atoms with Crippen molar-refractivity contribution in [3.8, 4) is 10.4 Å². The summed E-state index contributed by atoms with van der Waals surface area (Å²) in [4.78, 5) is 18.1. The summed E-state index contributed by atoms with van der Waals surface area (Å²) in [5.41, 5.74) is 1.42. The Labute approximate surface area is 187 Å². The van der Waals surface area contributed by atoms with Crippen LogP contribution in [0.25, 0.3) is 10.4 Å². The van der Waals surface area contributed by atoms with Gasteiger partial charge in [-0.3, -0.25) is 10.1 Å². The van der Waals surface area contributed by atoms with Gasteiger partial charge >= 0.3 is 0 Å². The number of hydrogen-bond acceptors (Lipinski definition) is 5. The number of sulfonamides is 1. The zero-order valence-corrected chi connectivity index (χ0v) is 19.1. The standard InChI is InChI=1S/C23H25N3O3S2/c1-16-12-17(2)15-26(14-16)31(28,29)20-10-8-19(9-11-20)22(27)25-23-24-13-21(30-23)18-6-4-3-5-7-18/h3-11,13,16-17H,12,14-15H2,1-2H3,(H,24,25,27). The van der Waals surface area contributed by atoms with Crippen LogP contribution in [-0.2, 0) is 10.0 Å². The molecule has 3 aromatic rings. The third-order valence-corrected chi connectivity index (χ3v) is 8.18. The van der Waals surface area contributed by atoms with Crippen molar-refractivity contribution in [1.82, 2.24) is 9.29 Å². The molecular weight excluding hydrogens is 430 g/mol. The van der Waals surface area contributed by atoms with Crippen molar-refractivity contribution in [1.29, 1.82) is 0 Å². The van der Waals surface area contributed by atoms with Gasteiger partial charge in [-0.15, -0.1) is 0 Å². The monoisotopic (exact) mass is 455 g/mol. The third kappa shape index (κ3) is 4.87. The molecule has 2 atom stereocenters. The summed E-state index contributed by atoms with van der Waals surface area (Å²) in [6.45, 7) is 5.21. The third-order valence-electron chi connectivity index (χ3n) is 5.37. The molecule has 6 nitrogen and oxygen atoms in total. The predicted octanol–water partition coefficient (Wildman–Crippen LogP) is 4.73. The fourth-order valence-corrected chi connectivity index (χ4v) is 6.46. The highest BCUT2D eigenvalue weighted by Gasteiger charge is 2.31. The zero-order chi connectivity index (χ0) is 22.0. The Morgan fingerprint density at radius 2 is 1.68 bits per heavy atom. The lowest BCUT2D eigenvalue weighted by atomic mass is 9.94. The summed E-state index contributed by atoms with van der Waals surface area (Å²) in [6.07, 6.45) is 2.76. The van der Waals surface area contributed by atoms with E-state index >= 15 is 0 Å². The van der Waals surface area contributed by atoms with E-state index in [9.17, 15) is 13.2 Å². The SMILES string of the molecule is CC1CC(C)CN(S(=O)(=O)c2ccc(C(=O)Nc3ncc(-c4ccccc4)s3)cc2)C1. The Bertz CT molecular complexity index is 1150. The molecule has 1 N–H and O–H groups in total. The number of anilines is 1. The van der Waals surface area contributed by atoms with Crippen molar-refractivity contribution in [2.24, 2.45) is 11.8 Å². The molecule has 1 aliphatic heterocycles. The number of piperidine rings is 1. The highest BCUT2D eigenvalue weighted by Crippen LogP contribution is 2.29. The van der Waals surface area contributed by atoms with E-state index in [4.69, 9.17) is 0 Å². The summed E-state index contributed by atoms with van der Waals surface area (Å²) < 4.78 is 27.6. The number of nitrogens with one attached hydrogen (secondary N) is 1. The summed E-state index contributed by atoms with van der Waals surface area (Å²) >= 11 is 1.39. The Balaban J connectivity index is 1.45. The van der Waals surface area contributed by atoms with E-state index in [2.05, 4.69) is 24.1 Å². The minimum absolute atomic E-state index is 0.214. The topological polar surface area (TPSA) is 79.4 Å². The van der Waals surface area contributed by atoms with Gasteiger partial charge in [-0.05, 0) is 48.1 Å². The van der Waals surface area contributed by atoms with Gasteiger partial charge < -0.3 is 0 Å². The van der Waals surface area contributed by atoms with Crippen molar-refractivity contribution < 1.29 is 13.2 Å². The number of benzene rings is 2. The molecule has 162 valence electrons. The van der Waals surface area contributed by atoms with Gasteiger partial charge in [-0.25, -0.2) is 13.4 Å². The average Bonchev–Trinajstić information content (AvgIpc) is 3.22. The van der Waals surface area contributed by atoms with Crippen LogP contribution in [0.5, 0.6) is 0 Å². The van der Waals surface area contributed by atoms with Gasteiger partial charge in [-0.1, -0.05) is 55.5 Å². The minimum atomic E-state index is -3.57. The number of rotatable bonds is 5. The van der Waals surface area contributed by atoms with E-state index in [0.29, 0.717) is 35.6 Å². The molecule has 1 fully saturated rings. The van der Waals surface area contributed by atoms with Crippen molar-refractivity contribution in [3.63, 3.8) is 0 Å². The molecule has 31 heavy (non-hydrogen) atoms. The number of amides is 1. The van der Waals surface area contributed by atoms with Crippen molar-refractivity contribution in [3.05, 3.63) is 66.4 Å². The van der Waals surface area contributed by atoms with Crippen LogP contribution in [0.2, 0.25) is 0 Å². The molecule has 0 aliphatic carbocycles. The fourth-order valence-electron chi connectivity index (χ4n) is 3.97. The van der Waals surface area contributed by atoms with Crippen LogP contribution in [0, 0.1) is 11.8 Å². The second-order valence-electron chi connectivity index (χ2n) is 8.14. The zero-order valence-electron chi connectivity index (χ0n) is 17.5. The minimum Gasteiger partial charge on any atom is -0.298 e. The molecule has 2 unspecified atom stereocenters. The van der Waals surface area contributed by atoms with Gasteiger partial charge in [0.1, 0.15) is 0 Å². The molecule has 1 aromatic heterocycles. The van der Waals surface area contributed by atoms with E-state index in [0.717, 1.165) is 16.9 Å². The molecule has 4 rings (SSSR count). The van der Waals surface area contributed by atoms with Crippen LogP contribution >= 0.6 is 11.3 Å². The fraction of sp³-hybridized carbons (Fsp3) is 0.304. The number of aromatic nitrogens is 1. The van der Waals surface area contributed by atoms with Crippen LogP contribution in [0.3, 0.4) is 0 Å². The van der Waals surface area contributed by atoms with E-state index in [1.54, 1.807) is 22.6 Å². The molecule has 0 bridgehead atoms. The van der Waals surface area contributed by atoms with Crippen molar-refractivity contribution in [2.45, 2.75) is 25.2 Å². The molecular formula is C23H25N3O3S2. The van der Waals surface area contributed by atoms with Crippen LogP contribution in [-0.4, -0.2) is 36.7 Å². The molecule has 2 heterocycles. The average molecular weight is 456 g/mol. The molecule has 1 saturated heterocycles. The first-order valence-corrected chi connectivity index (χ1v) is 12.5. The number of carbonyl (C=O) groups excluding carboxylic acids is 1. The lowest BCUT2D eigenvalue weighted by molar-refractivity contribution is 0.102. The van der Waals surface area contributed by atoms with Crippen molar-refractivity contribution in [2.75, 3.05) is 18.4 Å². The maximum absolute atomic E-state index is 13.0. The number of thiazole rings is 1. The van der Waals surface area contributed by atoms with Gasteiger partial charge in [0.25, 0.3) is 5.91 Å². The van der Waals surface area contributed by atoms with Gasteiger partial charge in [0, 0.05) is 24.8 Å². The first kappa shape index (κ1) is 21.7. The summed E-state index contributed by atoms with van der Waals surface area (Å²) in [7, 11) is -3.57. The molecule has 2 aromatic carbocycles. The lowest BCUT2D eigenvalue weighted by Gasteiger charge is -2.34. The Morgan fingerprint density at radius 3 is 2.32 bits per heavy atom. The number of carbonyl (C=O) groups is 1. The number of nitrogens with zero attached hydrogens (tertiary/aromatic N) is 2. The maximum atomic E-state index is 13.0. The summed E-state index contributed by atoms with van der Waals surface area (Å²) in [6, 6.07) is 15.9.